The third kappa shape index (κ3) is 4.49. The number of hydrogen-bond acceptors (Lipinski definition) is 4. The molecule has 1 N–H and O–H groups in total. The molecule has 0 radical (unpaired) electrons. The topological polar surface area (TPSA) is 67.6 Å². The number of nitrogens with one attached hydrogen (secondary N) is 1. The second-order valence-corrected chi connectivity index (χ2v) is 6.04. The van der Waals surface area contributed by atoms with E-state index in [0.717, 1.165) is 55.8 Å². The molecule has 2 heterocycles. The van der Waals surface area contributed by atoms with E-state index in [9.17, 15) is 0 Å². The minimum absolute atomic E-state index is 0.541. The van der Waals surface area contributed by atoms with Gasteiger partial charge in [0.15, 0.2) is 11.8 Å². The standard InChI is InChI=1S/C18H26N6O/c1-3-19-18(20-14-17-22-21-16-10-7-11-24(16)17)23(2)12-13-25-15-8-5-4-6-9-15/h4-6,8-9H,3,7,10-14H2,1-2H3,(H,19,20). The number of fused-ring (bicyclic) bond motifs is 1. The molecule has 7 heteroatoms. The van der Waals surface area contributed by atoms with Crippen molar-refractivity contribution in [1.82, 2.24) is 25.0 Å². The summed E-state index contributed by atoms with van der Waals surface area (Å²) in [5.41, 5.74) is 0. The maximum absolute atomic E-state index is 5.76. The second-order valence-electron chi connectivity index (χ2n) is 6.04. The van der Waals surface area contributed by atoms with Crippen molar-refractivity contribution in [3.8, 4) is 5.75 Å². The first kappa shape index (κ1) is 17.3. The highest BCUT2D eigenvalue weighted by Gasteiger charge is 2.17. The molecule has 0 amide bonds. The average molecular weight is 342 g/mol. The van der Waals surface area contributed by atoms with Crippen LogP contribution in [0.1, 0.15) is 25.0 Å². The Morgan fingerprint density at radius 3 is 2.96 bits per heavy atom. The molecular formula is C18H26N6O. The van der Waals surface area contributed by atoms with E-state index in [2.05, 4.69) is 31.9 Å². The van der Waals surface area contributed by atoms with Crippen molar-refractivity contribution in [3.63, 3.8) is 0 Å². The van der Waals surface area contributed by atoms with Crippen LogP contribution < -0.4 is 10.1 Å². The fourth-order valence-electron chi connectivity index (χ4n) is 2.87. The molecule has 0 saturated carbocycles. The van der Waals surface area contributed by atoms with E-state index >= 15 is 0 Å². The lowest BCUT2D eigenvalue weighted by Gasteiger charge is -2.22. The molecule has 134 valence electrons. The van der Waals surface area contributed by atoms with E-state index in [0.29, 0.717) is 13.2 Å². The average Bonchev–Trinajstić information content (AvgIpc) is 3.23. The summed E-state index contributed by atoms with van der Waals surface area (Å²) in [6.45, 7) is 5.78. The molecule has 0 bridgehead atoms. The number of para-hydroxylation sites is 1. The van der Waals surface area contributed by atoms with Crippen molar-refractivity contribution in [2.75, 3.05) is 26.7 Å². The Balaban J connectivity index is 1.55. The van der Waals surface area contributed by atoms with Gasteiger partial charge in [0.05, 0.1) is 6.54 Å². The molecule has 1 aliphatic rings. The highest BCUT2D eigenvalue weighted by atomic mass is 16.5. The lowest BCUT2D eigenvalue weighted by molar-refractivity contribution is 0.281. The van der Waals surface area contributed by atoms with E-state index in [4.69, 9.17) is 9.73 Å². The van der Waals surface area contributed by atoms with E-state index in [1.165, 1.54) is 0 Å². The highest BCUT2D eigenvalue weighted by molar-refractivity contribution is 5.79. The Morgan fingerprint density at radius 1 is 1.32 bits per heavy atom. The van der Waals surface area contributed by atoms with E-state index in [1.54, 1.807) is 0 Å². The molecule has 25 heavy (non-hydrogen) atoms. The van der Waals surface area contributed by atoms with E-state index in [1.807, 2.05) is 37.4 Å². The number of aryl methyl sites for hydroxylation is 1. The van der Waals surface area contributed by atoms with Gasteiger partial charge in [-0.1, -0.05) is 18.2 Å². The lowest BCUT2D eigenvalue weighted by atomic mass is 10.3. The number of likely N-dealkylation sites (N-methyl/N-ethyl adjacent to an activating group) is 1. The molecule has 0 aliphatic carbocycles. The molecule has 1 aliphatic heterocycles. The van der Waals surface area contributed by atoms with Crippen LogP contribution in [0.2, 0.25) is 0 Å². The first-order valence-electron chi connectivity index (χ1n) is 8.86. The molecule has 0 saturated heterocycles. The van der Waals surface area contributed by atoms with Gasteiger partial charge in [-0.25, -0.2) is 4.99 Å². The van der Waals surface area contributed by atoms with Crippen molar-refractivity contribution < 1.29 is 4.74 Å². The predicted octanol–water partition coefficient (Wildman–Crippen LogP) is 1.70. The van der Waals surface area contributed by atoms with Gasteiger partial charge in [0.25, 0.3) is 0 Å². The molecule has 7 nitrogen and oxygen atoms in total. The Labute approximate surface area is 148 Å². The third-order valence-electron chi connectivity index (χ3n) is 4.19. The maximum Gasteiger partial charge on any atom is 0.194 e. The van der Waals surface area contributed by atoms with Crippen molar-refractivity contribution in [1.29, 1.82) is 0 Å². The van der Waals surface area contributed by atoms with Crippen LogP contribution in [0.5, 0.6) is 5.75 Å². The van der Waals surface area contributed by atoms with Gasteiger partial charge in [0, 0.05) is 26.6 Å². The van der Waals surface area contributed by atoms with Crippen molar-refractivity contribution >= 4 is 5.96 Å². The molecule has 0 atom stereocenters. The van der Waals surface area contributed by atoms with Crippen LogP contribution in [0.25, 0.3) is 0 Å². The number of nitrogens with zero attached hydrogens (tertiary/aromatic N) is 5. The van der Waals surface area contributed by atoms with E-state index in [-0.39, 0.29) is 0 Å². The first-order chi connectivity index (χ1) is 12.3. The van der Waals surface area contributed by atoms with Crippen LogP contribution in [0, 0.1) is 0 Å². The zero-order valence-electron chi connectivity index (χ0n) is 15.0. The third-order valence-corrected chi connectivity index (χ3v) is 4.19. The summed E-state index contributed by atoms with van der Waals surface area (Å²) < 4.78 is 7.95. The normalized spacial score (nSPS) is 13.6. The number of benzene rings is 1. The zero-order valence-corrected chi connectivity index (χ0v) is 15.0. The molecular weight excluding hydrogens is 316 g/mol. The number of aliphatic imine (C=N–C) groups is 1. The maximum atomic E-state index is 5.76. The second kappa shape index (κ2) is 8.50. The fourth-order valence-corrected chi connectivity index (χ4v) is 2.87. The van der Waals surface area contributed by atoms with Gasteiger partial charge in [-0.05, 0) is 25.5 Å². The number of rotatable bonds is 7. The van der Waals surface area contributed by atoms with Crippen LogP contribution in [-0.2, 0) is 19.5 Å². The van der Waals surface area contributed by atoms with Crippen LogP contribution in [0.3, 0.4) is 0 Å². The van der Waals surface area contributed by atoms with Crippen LogP contribution in [-0.4, -0.2) is 52.4 Å². The van der Waals surface area contributed by atoms with Gasteiger partial charge in [0.2, 0.25) is 0 Å². The van der Waals surface area contributed by atoms with Gasteiger partial charge < -0.3 is 19.5 Å². The number of guanidine groups is 1. The number of hydrogen-bond donors (Lipinski definition) is 1. The van der Waals surface area contributed by atoms with Gasteiger partial charge in [-0.3, -0.25) is 0 Å². The number of aromatic nitrogens is 3. The summed E-state index contributed by atoms with van der Waals surface area (Å²) in [5.74, 6) is 3.77. The molecule has 0 fully saturated rings. The summed E-state index contributed by atoms with van der Waals surface area (Å²) in [6.07, 6.45) is 2.17. The Hall–Kier alpha value is -2.57. The summed E-state index contributed by atoms with van der Waals surface area (Å²) in [7, 11) is 2.02. The Bertz CT molecular complexity index is 697. The van der Waals surface area contributed by atoms with Crippen LogP contribution >= 0.6 is 0 Å². The van der Waals surface area contributed by atoms with Crippen LogP contribution in [0.15, 0.2) is 35.3 Å². The van der Waals surface area contributed by atoms with Gasteiger partial charge in [0.1, 0.15) is 24.7 Å². The number of ether oxygens (including phenoxy) is 1. The molecule has 3 rings (SSSR count). The smallest absolute Gasteiger partial charge is 0.194 e. The molecule has 1 aromatic carbocycles. The predicted molar refractivity (Wildman–Crippen MR) is 97.7 cm³/mol. The fraction of sp³-hybridized carbons (Fsp3) is 0.500. The summed E-state index contributed by atoms with van der Waals surface area (Å²) in [5, 5.41) is 11.8. The van der Waals surface area contributed by atoms with Gasteiger partial charge in [-0.15, -0.1) is 10.2 Å². The quantitative estimate of drug-likeness (QED) is 0.613. The Kier molecular flexibility index (Phi) is 5.87. The molecule has 1 aromatic heterocycles. The summed E-state index contributed by atoms with van der Waals surface area (Å²) in [4.78, 5) is 6.79. The Morgan fingerprint density at radius 2 is 2.16 bits per heavy atom. The van der Waals surface area contributed by atoms with E-state index < -0.39 is 0 Å². The summed E-state index contributed by atoms with van der Waals surface area (Å²) >= 11 is 0. The minimum Gasteiger partial charge on any atom is -0.492 e. The molecule has 0 spiro atoms. The molecule has 0 unspecified atom stereocenters. The van der Waals surface area contributed by atoms with Gasteiger partial charge >= 0.3 is 0 Å². The summed E-state index contributed by atoms with van der Waals surface area (Å²) in [6, 6.07) is 9.86. The highest BCUT2D eigenvalue weighted by Crippen LogP contribution is 2.14. The van der Waals surface area contributed by atoms with Crippen molar-refractivity contribution in [3.05, 3.63) is 42.0 Å². The molecule has 2 aromatic rings. The monoisotopic (exact) mass is 342 g/mol. The first-order valence-corrected chi connectivity index (χ1v) is 8.86. The minimum atomic E-state index is 0.541. The van der Waals surface area contributed by atoms with Crippen LogP contribution in [0.4, 0.5) is 0 Å². The van der Waals surface area contributed by atoms with Gasteiger partial charge in [-0.2, -0.15) is 0 Å². The van der Waals surface area contributed by atoms with Crippen molar-refractivity contribution in [2.24, 2.45) is 4.99 Å². The SMILES string of the molecule is CCNC(=NCc1nnc2n1CCC2)N(C)CCOc1ccccc1. The largest absolute Gasteiger partial charge is 0.492 e. The van der Waals surface area contributed by atoms with Crippen molar-refractivity contribution in [2.45, 2.75) is 32.9 Å². The zero-order chi connectivity index (χ0) is 17.5. The lowest BCUT2D eigenvalue weighted by Crippen LogP contribution is -2.40.